The molecule has 0 aliphatic heterocycles. The van der Waals surface area contributed by atoms with Crippen molar-refractivity contribution in [2.75, 3.05) is 11.8 Å². The van der Waals surface area contributed by atoms with Crippen LogP contribution in [0.25, 0.3) is 5.65 Å². The number of fused-ring (bicyclic) bond motifs is 1. The fraction of sp³-hybridized carbons (Fsp3) is 0.469. The fourth-order valence-electron chi connectivity index (χ4n) is 5.09. The van der Waals surface area contributed by atoms with Crippen molar-refractivity contribution >= 4 is 38.9 Å². The normalized spacial score (nSPS) is 12.4. The molecule has 1 atom stereocenters. The number of methoxy groups -OCH3 is 1. The monoisotopic (exact) mass is 643 g/mol. The van der Waals surface area contributed by atoms with Crippen LogP contribution in [0.5, 0.6) is 5.75 Å². The van der Waals surface area contributed by atoms with Gasteiger partial charge >= 0.3 is 5.97 Å². The molecule has 4 rings (SSSR count). The first-order valence-corrected chi connectivity index (χ1v) is 17.2. The van der Waals surface area contributed by atoms with Gasteiger partial charge in [-0.2, -0.15) is 0 Å². The van der Waals surface area contributed by atoms with E-state index in [1.807, 2.05) is 6.92 Å². The standard InChI is InChI=1S/C32H42ClN5O5S/c1-4-5-6-7-8-9-10-11-12-13-17-28(30-34-35-31-29(33)23(2)36-38(30)31)43-26-20-18-25(19-21-26)37-44(40,41)27-16-14-15-24(22-27)32(39)42-3/h14-16,18-22,28,36-37H,4-13,17H2,1-3H3. The molecule has 12 heteroatoms. The quantitative estimate of drug-likeness (QED) is 0.0829. The lowest BCUT2D eigenvalue weighted by Gasteiger charge is -2.18. The predicted molar refractivity (Wildman–Crippen MR) is 172 cm³/mol. The number of rotatable bonds is 18. The van der Waals surface area contributed by atoms with E-state index < -0.39 is 22.1 Å². The number of nitrogens with zero attached hydrogens (tertiary/aromatic N) is 3. The molecule has 0 radical (unpaired) electrons. The first kappa shape index (κ1) is 33.3. The van der Waals surface area contributed by atoms with Crippen LogP contribution in [0.1, 0.15) is 106 Å². The summed E-state index contributed by atoms with van der Waals surface area (Å²) in [4.78, 5) is 11.8. The van der Waals surface area contributed by atoms with Crippen LogP contribution < -0.4 is 9.46 Å². The van der Waals surface area contributed by atoms with Crippen LogP contribution in [0.2, 0.25) is 5.02 Å². The predicted octanol–water partition coefficient (Wildman–Crippen LogP) is 8.04. The molecule has 10 nitrogen and oxygen atoms in total. The number of hydrogen-bond acceptors (Lipinski definition) is 7. The van der Waals surface area contributed by atoms with E-state index >= 15 is 0 Å². The van der Waals surface area contributed by atoms with Crippen molar-refractivity contribution in [1.82, 2.24) is 19.8 Å². The van der Waals surface area contributed by atoms with Gasteiger partial charge in [0.15, 0.2) is 17.6 Å². The first-order chi connectivity index (χ1) is 21.2. The second kappa shape index (κ2) is 15.9. The average molecular weight is 644 g/mol. The Morgan fingerprint density at radius 2 is 1.64 bits per heavy atom. The van der Waals surface area contributed by atoms with E-state index in [1.54, 1.807) is 28.8 Å². The zero-order valence-corrected chi connectivity index (χ0v) is 27.2. The maximum Gasteiger partial charge on any atom is 0.337 e. The number of ether oxygens (including phenoxy) is 2. The van der Waals surface area contributed by atoms with E-state index in [2.05, 4.69) is 26.9 Å². The highest BCUT2D eigenvalue weighted by atomic mass is 35.5. The van der Waals surface area contributed by atoms with Gasteiger partial charge in [0.2, 0.25) is 0 Å². The number of nitrogens with one attached hydrogen (secondary N) is 2. The van der Waals surface area contributed by atoms with Gasteiger partial charge in [-0.1, -0.05) is 82.4 Å². The Morgan fingerprint density at radius 1 is 0.977 bits per heavy atom. The maximum atomic E-state index is 13.0. The first-order valence-electron chi connectivity index (χ1n) is 15.3. The number of esters is 1. The largest absolute Gasteiger partial charge is 0.482 e. The molecule has 0 aliphatic rings. The molecule has 0 saturated carbocycles. The third kappa shape index (κ3) is 8.75. The van der Waals surface area contributed by atoms with Crippen LogP contribution in [0, 0.1) is 6.92 Å². The molecule has 238 valence electrons. The van der Waals surface area contributed by atoms with Crippen LogP contribution in [-0.2, 0) is 14.8 Å². The van der Waals surface area contributed by atoms with Crippen molar-refractivity contribution in [3.63, 3.8) is 0 Å². The van der Waals surface area contributed by atoms with E-state index in [-0.39, 0.29) is 10.5 Å². The van der Waals surface area contributed by atoms with Gasteiger partial charge in [0.05, 0.1) is 23.3 Å². The van der Waals surface area contributed by atoms with E-state index in [4.69, 9.17) is 21.1 Å². The number of sulfonamides is 1. The van der Waals surface area contributed by atoms with Gasteiger partial charge in [0, 0.05) is 5.69 Å². The number of halogens is 1. The van der Waals surface area contributed by atoms with Gasteiger partial charge in [-0.3, -0.25) is 9.82 Å². The van der Waals surface area contributed by atoms with Crippen molar-refractivity contribution in [2.24, 2.45) is 0 Å². The highest BCUT2D eigenvalue weighted by Crippen LogP contribution is 2.30. The average Bonchev–Trinajstić information content (AvgIpc) is 3.56. The number of aryl methyl sites for hydroxylation is 1. The van der Waals surface area contributed by atoms with Gasteiger partial charge in [-0.15, -0.1) is 10.2 Å². The zero-order chi connectivity index (χ0) is 31.5. The molecular weight excluding hydrogens is 602 g/mol. The zero-order valence-electron chi connectivity index (χ0n) is 25.6. The van der Waals surface area contributed by atoms with Crippen molar-refractivity contribution in [3.05, 3.63) is 70.6 Å². The second-order valence-electron chi connectivity index (χ2n) is 11.0. The van der Waals surface area contributed by atoms with Crippen LogP contribution >= 0.6 is 11.6 Å². The fourth-order valence-corrected chi connectivity index (χ4v) is 6.36. The van der Waals surface area contributed by atoms with E-state index in [0.717, 1.165) is 25.0 Å². The summed E-state index contributed by atoms with van der Waals surface area (Å²) in [5, 5.41) is 12.4. The van der Waals surface area contributed by atoms with Crippen LogP contribution in [0.4, 0.5) is 5.69 Å². The molecule has 2 aromatic carbocycles. The number of carbonyl (C=O) groups is 1. The summed E-state index contributed by atoms with van der Waals surface area (Å²) in [5.74, 6) is 0.572. The molecule has 0 spiro atoms. The summed E-state index contributed by atoms with van der Waals surface area (Å²) in [5.41, 5.74) is 1.85. The lowest BCUT2D eigenvalue weighted by molar-refractivity contribution is 0.0600. The number of unbranched alkanes of at least 4 members (excludes halogenated alkanes) is 9. The molecule has 2 N–H and O–H groups in total. The van der Waals surface area contributed by atoms with Gasteiger partial charge in [0.25, 0.3) is 10.0 Å². The maximum absolute atomic E-state index is 13.0. The summed E-state index contributed by atoms with van der Waals surface area (Å²) in [6.07, 6.45) is 12.7. The second-order valence-corrected chi connectivity index (χ2v) is 13.1. The minimum Gasteiger partial charge on any atom is -0.482 e. The molecule has 0 saturated heterocycles. The molecular formula is C32H42ClN5O5S. The van der Waals surface area contributed by atoms with Gasteiger partial charge in [0.1, 0.15) is 10.8 Å². The number of carbonyl (C=O) groups excluding carboxylic acids is 1. The number of H-pyrrole nitrogens is 1. The smallest absolute Gasteiger partial charge is 0.337 e. The van der Waals surface area contributed by atoms with Crippen molar-refractivity contribution in [1.29, 1.82) is 0 Å². The van der Waals surface area contributed by atoms with Crippen molar-refractivity contribution in [3.8, 4) is 5.75 Å². The third-order valence-corrected chi connectivity index (χ3v) is 9.38. The molecule has 0 bridgehead atoms. The SMILES string of the molecule is CCCCCCCCCCCCC(Oc1ccc(NS(=O)(=O)c2cccc(C(=O)OC)c2)cc1)c1nnc2c(Cl)c(C)[nH]n12. The Kier molecular flexibility index (Phi) is 12.1. The van der Waals surface area contributed by atoms with Crippen LogP contribution in [0.3, 0.4) is 0 Å². The minimum absolute atomic E-state index is 0.0481. The van der Waals surface area contributed by atoms with Crippen molar-refractivity contribution in [2.45, 2.75) is 95.5 Å². The minimum atomic E-state index is -3.94. The number of anilines is 1. The van der Waals surface area contributed by atoms with Crippen LogP contribution in [0.15, 0.2) is 53.4 Å². The number of aromatic nitrogens is 4. The number of benzene rings is 2. The Bertz CT molecular complexity index is 1620. The van der Waals surface area contributed by atoms with Gasteiger partial charge in [-0.05, 0) is 62.2 Å². The van der Waals surface area contributed by atoms with Gasteiger partial charge < -0.3 is 9.47 Å². The molecule has 2 aromatic heterocycles. The molecule has 44 heavy (non-hydrogen) atoms. The molecule has 0 fully saturated rings. The highest BCUT2D eigenvalue weighted by molar-refractivity contribution is 7.92. The Labute approximate surface area is 264 Å². The van der Waals surface area contributed by atoms with Crippen LogP contribution in [-0.4, -0.2) is 41.3 Å². The van der Waals surface area contributed by atoms with Gasteiger partial charge in [-0.25, -0.2) is 17.7 Å². The van der Waals surface area contributed by atoms with E-state index in [9.17, 15) is 13.2 Å². The molecule has 2 heterocycles. The Balaban J connectivity index is 1.40. The molecule has 1 unspecified atom stereocenters. The summed E-state index contributed by atoms with van der Waals surface area (Å²) < 4.78 is 41.4. The highest BCUT2D eigenvalue weighted by Gasteiger charge is 2.23. The Hall–Kier alpha value is -3.57. The number of aromatic amines is 1. The molecule has 0 amide bonds. The summed E-state index contributed by atoms with van der Waals surface area (Å²) in [6.45, 7) is 4.12. The summed E-state index contributed by atoms with van der Waals surface area (Å²) in [6, 6.07) is 12.4. The van der Waals surface area contributed by atoms with Crippen molar-refractivity contribution < 1.29 is 22.7 Å². The Morgan fingerprint density at radius 3 is 2.30 bits per heavy atom. The third-order valence-electron chi connectivity index (χ3n) is 7.55. The molecule has 4 aromatic rings. The van der Waals surface area contributed by atoms with E-state index in [1.165, 1.54) is 82.7 Å². The lowest BCUT2D eigenvalue weighted by atomic mass is 10.0. The summed E-state index contributed by atoms with van der Waals surface area (Å²) in [7, 11) is -2.70. The topological polar surface area (TPSA) is 128 Å². The number of hydrogen-bond donors (Lipinski definition) is 2. The molecule has 0 aliphatic carbocycles. The lowest BCUT2D eigenvalue weighted by Crippen LogP contribution is -2.14. The summed E-state index contributed by atoms with van der Waals surface area (Å²) >= 11 is 6.41. The van der Waals surface area contributed by atoms with E-state index in [0.29, 0.717) is 27.9 Å².